The van der Waals surface area contributed by atoms with Crippen molar-refractivity contribution in [1.82, 2.24) is 9.97 Å². The minimum atomic E-state index is 0.624. The van der Waals surface area contributed by atoms with Crippen LogP contribution >= 0.6 is 0 Å². The van der Waals surface area contributed by atoms with E-state index < -0.39 is 0 Å². The Morgan fingerprint density at radius 3 is 2.32 bits per heavy atom. The predicted molar refractivity (Wildman–Crippen MR) is 104 cm³/mol. The van der Waals surface area contributed by atoms with Crippen LogP contribution in [0.25, 0.3) is 0 Å². The molecule has 0 bridgehead atoms. The summed E-state index contributed by atoms with van der Waals surface area (Å²) in [6.45, 7) is 4.95. The topological polar surface area (TPSA) is 41.1 Å². The SMILES string of the molecule is CCc1ccc(Nc2nc(C)cc(N(C)Cc3ccccc3)n2)cc1. The molecule has 25 heavy (non-hydrogen) atoms. The van der Waals surface area contributed by atoms with Gasteiger partial charge in [-0.05, 0) is 36.6 Å². The molecule has 4 heteroatoms. The number of aromatic nitrogens is 2. The molecule has 0 aliphatic rings. The lowest BCUT2D eigenvalue weighted by Gasteiger charge is -2.19. The summed E-state index contributed by atoms with van der Waals surface area (Å²) in [4.78, 5) is 11.3. The molecule has 0 radical (unpaired) electrons. The molecule has 2 aromatic carbocycles. The molecule has 0 aliphatic carbocycles. The van der Waals surface area contributed by atoms with Crippen LogP contribution in [-0.2, 0) is 13.0 Å². The van der Waals surface area contributed by atoms with Gasteiger partial charge in [0.15, 0.2) is 0 Å². The Labute approximate surface area is 149 Å². The molecule has 0 amide bonds. The maximum Gasteiger partial charge on any atom is 0.229 e. The Morgan fingerprint density at radius 1 is 0.920 bits per heavy atom. The highest BCUT2D eigenvalue weighted by atomic mass is 15.2. The monoisotopic (exact) mass is 332 g/mol. The van der Waals surface area contributed by atoms with Crippen LogP contribution in [0.2, 0.25) is 0 Å². The highest BCUT2D eigenvalue weighted by Gasteiger charge is 2.08. The molecule has 1 N–H and O–H groups in total. The van der Waals surface area contributed by atoms with Crippen LogP contribution in [0.1, 0.15) is 23.7 Å². The molecule has 1 heterocycles. The number of nitrogens with zero attached hydrogens (tertiary/aromatic N) is 3. The van der Waals surface area contributed by atoms with Crippen LogP contribution in [0.3, 0.4) is 0 Å². The summed E-state index contributed by atoms with van der Waals surface area (Å²) >= 11 is 0. The molecular weight excluding hydrogens is 308 g/mol. The lowest BCUT2D eigenvalue weighted by Crippen LogP contribution is -2.18. The van der Waals surface area contributed by atoms with Crippen molar-refractivity contribution in [2.45, 2.75) is 26.8 Å². The molecule has 1 aromatic heterocycles. The largest absolute Gasteiger partial charge is 0.355 e. The van der Waals surface area contributed by atoms with Crippen LogP contribution in [0.5, 0.6) is 0 Å². The second-order valence-electron chi connectivity index (χ2n) is 6.21. The van der Waals surface area contributed by atoms with Crippen molar-refractivity contribution in [2.75, 3.05) is 17.3 Å². The number of nitrogens with one attached hydrogen (secondary N) is 1. The third-order valence-electron chi connectivity index (χ3n) is 4.11. The summed E-state index contributed by atoms with van der Waals surface area (Å²) in [7, 11) is 2.05. The second-order valence-corrected chi connectivity index (χ2v) is 6.21. The van der Waals surface area contributed by atoms with E-state index in [0.29, 0.717) is 5.95 Å². The van der Waals surface area contributed by atoms with E-state index in [9.17, 15) is 0 Å². The van der Waals surface area contributed by atoms with Gasteiger partial charge in [0.2, 0.25) is 5.95 Å². The van der Waals surface area contributed by atoms with Crippen LogP contribution in [0.4, 0.5) is 17.5 Å². The van der Waals surface area contributed by atoms with E-state index in [1.165, 1.54) is 11.1 Å². The van der Waals surface area contributed by atoms with Crippen LogP contribution in [-0.4, -0.2) is 17.0 Å². The zero-order valence-electron chi connectivity index (χ0n) is 15.0. The van der Waals surface area contributed by atoms with Gasteiger partial charge in [-0.1, -0.05) is 49.4 Å². The van der Waals surface area contributed by atoms with E-state index in [4.69, 9.17) is 0 Å². The number of aryl methyl sites for hydroxylation is 2. The van der Waals surface area contributed by atoms with E-state index >= 15 is 0 Å². The fraction of sp³-hybridized carbons (Fsp3) is 0.238. The zero-order chi connectivity index (χ0) is 17.6. The van der Waals surface area contributed by atoms with E-state index in [2.05, 4.69) is 82.7 Å². The average molecular weight is 332 g/mol. The number of anilines is 3. The fourth-order valence-electron chi connectivity index (χ4n) is 2.69. The first-order valence-electron chi connectivity index (χ1n) is 8.61. The van der Waals surface area contributed by atoms with Gasteiger partial charge in [-0.2, -0.15) is 4.98 Å². The normalized spacial score (nSPS) is 10.5. The van der Waals surface area contributed by atoms with Gasteiger partial charge in [-0.3, -0.25) is 0 Å². The first-order valence-corrected chi connectivity index (χ1v) is 8.61. The van der Waals surface area contributed by atoms with Crippen molar-refractivity contribution in [2.24, 2.45) is 0 Å². The highest BCUT2D eigenvalue weighted by Crippen LogP contribution is 2.19. The molecule has 0 unspecified atom stereocenters. The molecule has 0 saturated carbocycles. The van der Waals surface area contributed by atoms with Gasteiger partial charge in [0, 0.05) is 31.0 Å². The summed E-state index contributed by atoms with van der Waals surface area (Å²) < 4.78 is 0. The number of hydrogen-bond acceptors (Lipinski definition) is 4. The molecule has 128 valence electrons. The quantitative estimate of drug-likeness (QED) is 0.708. The van der Waals surface area contributed by atoms with Crippen molar-refractivity contribution >= 4 is 17.5 Å². The molecule has 0 spiro atoms. The molecule has 0 aliphatic heterocycles. The fourth-order valence-corrected chi connectivity index (χ4v) is 2.69. The molecule has 0 fully saturated rings. The van der Waals surface area contributed by atoms with Gasteiger partial charge in [-0.15, -0.1) is 0 Å². The Morgan fingerprint density at radius 2 is 1.64 bits per heavy atom. The molecule has 3 rings (SSSR count). The van der Waals surface area contributed by atoms with Crippen LogP contribution in [0.15, 0.2) is 60.7 Å². The molecule has 4 nitrogen and oxygen atoms in total. The molecule has 3 aromatic rings. The van der Waals surface area contributed by atoms with Crippen molar-refractivity contribution in [3.63, 3.8) is 0 Å². The van der Waals surface area contributed by atoms with Gasteiger partial charge >= 0.3 is 0 Å². The second kappa shape index (κ2) is 7.79. The number of benzene rings is 2. The summed E-state index contributed by atoms with van der Waals surface area (Å²) in [6.07, 6.45) is 1.04. The number of hydrogen-bond donors (Lipinski definition) is 1. The van der Waals surface area contributed by atoms with Crippen molar-refractivity contribution < 1.29 is 0 Å². The van der Waals surface area contributed by atoms with Crippen LogP contribution in [0, 0.1) is 6.92 Å². The summed E-state index contributed by atoms with van der Waals surface area (Å²) in [6, 6.07) is 20.8. The van der Waals surface area contributed by atoms with Gasteiger partial charge in [0.1, 0.15) is 5.82 Å². The first-order chi connectivity index (χ1) is 12.1. The molecule has 0 atom stereocenters. The third-order valence-corrected chi connectivity index (χ3v) is 4.11. The predicted octanol–water partition coefficient (Wildman–Crippen LogP) is 4.73. The molecule has 0 saturated heterocycles. The van der Waals surface area contributed by atoms with Gasteiger partial charge in [0.25, 0.3) is 0 Å². The van der Waals surface area contributed by atoms with Crippen LogP contribution < -0.4 is 10.2 Å². The highest BCUT2D eigenvalue weighted by molar-refractivity contribution is 5.56. The maximum atomic E-state index is 4.67. The Hall–Kier alpha value is -2.88. The first kappa shape index (κ1) is 17.0. The van der Waals surface area contributed by atoms with E-state index in [1.54, 1.807) is 0 Å². The standard InChI is InChI=1S/C21H24N4/c1-4-17-10-12-19(13-11-17)23-21-22-16(2)14-20(24-21)25(3)15-18-8-6-5-7-9-18/h5-14H,4,15H2,1-3H3,(H,22,23,24). The Balaban J connectivity index is 1.77. The lowest BCUT2D eigenvalue weighted by molar-refractivity contribution is 0.888. The van der Waals surface area contributed by atoms with Gasteiger partial charge in [-0.25, -0.2) is 4.98 Å². The van der Waals surface area contributed by atoms with Crippen molar-refractivity contribution in [3.05, 3.63) is 77.5 Å². The smallest absolute Gasteiger partial charge is 0.229 e. The Bertz CT molecular complexity index is 813. The van der Waals surface area contributed by atoms with Gasteiger partial charge < -0.3 is 10.2 Å². The van der Waals surface area contributed by atoms with Crippen molar-refractivity contribution in [1.29, 1.82) is 0 Å². The van der Waals surface area contributed by atoms with Gasteiger partial charge in [0.05, 0.1) is 0 Å². The summed E-state index contributed by atoms with van der Waals surface area (Å²) in [5, 5.41) is 3.31. The van der Waals surface area contributed by atoms with Crippen molar-refractivity contribution in [3.8, 4) is 0 Å². The minimum absolute atomic E-state index is 0.624. The van der Waals surface area contributed by atoms with E-state index in [-0.39, 0.29) is 0 Å². The summed E-state index contributed by atoms with van der Waals surface area (Å²) in [5.74, 6) is 1.53. The summed E-state index contributed by atoms with van der Waals surface area (Å²) in [5.41, 5.74) is 4.52. The average Bonchev–Trinajstić information content (AvgIpc) is 2.63. The number of rotatable bonds is 6. The Kier molecular flexibility index (Phi) is 5.29. The third kappa shape index (κ3) is 4.57. The maximum absolute atomic E-state index is 4.67. The lowest BCUT2D eigenvalue weighted by atomic mass is 10.1. The zero-order valence-corrected chi connectivity index (χ0v) is 15.0. The molecular formula is C21H24N4. The minimum Gasteiger partial charge on any atom is -0.355 e. The van der Waals surface area contributed by atoms with E-state index in [0.717, 1.165) is 30.2 Å². The van der Waals surface area contributed by atoms with E-state index in [1.807, 2.05) is 19.1 Å².